The van der Waals surface area contributed by atoms with Crippen LogP contribution in [0.3, 0.4) is 0 Å². The molecule has 0 fully saturated rings. The molecule has 0 spiro atoms. The molecule has 1 aliphatic rings. The van der Waals surface area contributed by atoms with Crippen LogP contribution in [0.4, 0.5) is 0 Å². The maximum Gasteiger partial charge on any atom is 0.0799 e. The highest BCUT2D eigenvalue weighted by atomic mass is 127. The Balaban J connectivity index is 2.59. The smallest absolute Gasteiger partial charge is 0.0799 e. The molecule has 0 aromatic rings. The molecule has 0 aliphatic carbocycles. The molecule has 0 saturated carbocycles. The second-order valence-electron chi connectivity index (χ2n) is 2.31. The fraction of sp³-hybridized carbons (Fsp3) is 0.714. The minimum atomic E-state index is 1.19. The summed E-state index contributed by atoms with van der Waals surface area (Å²) in [5.74, 6) is 1.19. The van der Waals surface area contributed by atoms with E-state index in [0.717, 1.165) is 0 Å². The molecule has 0 radical (unpaired) electrons. The average molecular weight is 269 g/mol. The lowest BCUT2D eigenvalue weighted by molar-refractivity contribution is 0.486. The van der Waals surface area contributed by atoms with Crippen molar-refractivity contribution in [3.8, 4) is 0 Å². The lowest BCUT2D eigenvalue weighted by Gasteiger charge is -2.13. The predicted octanol–water partition coefficient (Wildman–Crippen LogP) is 2.68. The van der Waals surface area contributed by atoms with Gasteiger partial charge in [0.15, 0.2) is 0 Å². The van der Waals surface area contributed by atoms with Gasteiger partial charge in [-0.05, 0) is 34.8 Å². The molecule has 1 aliphatic heterocycles. The van der Waals surface area contributed by atoms with E-state index in [1.54, 1.807) is 0 Å². The summed E-state index contributed by atoms with van der Waals surface area (Å²) in [6.07, 6.45) is 1.25. The Morgan fingerprint density at radius 1 is 1.70 bits per heavy atom. The highest BCUT2D eigenvalue weighted by Crippen LogP contribution is 2.33. The third-order valence-corrected chi connectivity index (χ3v) is 4.06. The van der Waals surface area contributed by atoms with E-state index in [0.29, 0.717) is 0 Å². The SMILES string of the molecule is CCSC1=C(I)CCN1C. The zero-order chi connectivity index (χ0) is 7.56. The van der Waals surface area contributed by atoms with Gasteiger partial charge in [0.1, 0.15) is 0 Å². The van der Waals surface area contributed by atoms with Crippen molar-refractivity contribution in [2.45, 2.75) is 13.3 Å². The monoisotopic (exact) mass is 269 g/mol. The molecule has 3 heteroatoms. The van der Waals surface area contributed by atoms with E-state index < -0.39 is 0 Å². The molecule has 0 saturated heterocycles. The Morgan fingerprint density at radius 3 is 2.80 bits per heavy atom. The number of hydrogen-bond acceptors (Lipinski definition) is 2. The van der Waals surface area contributed by atoms with Gasteiger partial charge in [0.2, 0.25) is 0 Å². The summed E-state index contributed by atoms with van der Waals surface area (Å²) in [5.41, 5.74) is 0. The molecule has 0 atom stereocenters. The zero-order valence-electron chi connectivity index (χ0n) is 6.35. The highest BCUT2D eigenvalue weighted by molar-refractivity contribution is 14.1. The molecule has 1 rings (SSSR count). The van der Waals surface area contributed by atoms with Gasteiger partial charge < -0.3 is 4.90 Å². The fourth-order valence-corrected chi connectivity index (χ4v) is 2.97. The first-order valence-corrected chi connectivity index (χ1v) is 5.54. The van der Waals surface area contributed by atoms with Crippen molar-refractivity contribution in [3.05, 3.63) is 8.61 Å². The molecule has 0 aromatic carbocycles. The van der Waals surface area contributed by atoms with E-state index in [9.17, 15) is 0 Å². The van der Waals surface area contributed by atoms with Gasteiger partial charge in [-0.15, -0.1) is 11.8 Å². The number of rotatable bonds is 2. The maximum atomic E-state index is 2.45. The van der Waals surface area contributed by atoms with E-state index in [1.807, 2.05) is 11.8 Å². The third kappa shape index (κ3) is 1.81. The summed E-state index contributed by atoms with van der Waals surface area (Å²) in [4.78, 5) is 2.34. The minimum Gasteiger partial charge on any atom is -0.368 e. The van der Waals surface area contributed by atoms with Gasteiger partial charge in [0, 0.05) is 17.2 Å². The Hall–Kier alpha value is 0.620. The Bertz CT molecular complexity index is 156. The average Bonchev–Trinajstić information content (AvgIpc) is 2.20. The predicted molar refractivity (Wildman–Crippen MR) is 56.4 cm³/mol. The summed E-state index contributed by atoms with van der Waals surface area (Å²) in [7, 11) is 2.17. The van der Waals surface area contributed by atoms with Crippen LogP contribution in [-0.2, 0) is 0 Å². The van der Waals surface area contributed by atoms with Crippen LogP contribution in [0.5, 0.6) is 0 Å². The largest absolute Gasteiger partial charge is 0.368 e. The van der Waals surface area contributed by atoms with Gasteiger partial charge in [-0.1, -0.05) is 6.92 Å². The minimum absolute atomic E-state index is 1.19. The van der Waals surface area contributed by atoms with Crippen LogP contribution in [0, 0.1) is 0 Å². The molecule has 0 bridgehead atoms. The van der Waals surface area contributed by atoms with Crippen LogP contribution in [0.1, 0.15) is 13.3 Å². The number of halogens is 1. The molecule has 10 heavy (non-hydrogen) atoms. The second kappa shape index (κ2) is 3.85. The van der Waals surface area contributed by atoms with Gasteiger partial charge >= 0.3 is 0 Å². The van der Waals surface area contributed by atoms with Crippen molar-refractivity contribution in [2.24, 2.45) is 0 Å². The van der Waals surface area contributed by atoms with Gasteiger partial charge in [-0.3, -0.25) is 0 Å². The molecule has 58 valence electrons. The summed E-state index contributed by atoms with van der Waals surface area (Å²) >= 11 is 4.40. The highest BCUT2D eigenvalue weighted by Gasteiger charge is 2.16. The lowest BCUT2D eigenvalue weighted by atomic mass is 10.5. The van der Waals surface area contributed by atoms with E-state index in [2.05, 4.69) is 41.5 Å². The fourth-order valence-electron chi connectivity index (χ4n) is 1.01. The van der Waals surface area contributed by atoms with Crippen LogP contribution in [-0.4, -0.2) is 24.2 Å². The van der Waals surface area contributed by atoms with Crippen LogP contribution in [0.15, 0.2) is 8.61 Å². The van der Waals surface area contributed by atoms with Crippen LogP contribution >= 0.6 is 34.4 Å². The van der Waals surface area contributed by atoms with Crippen LogP contribution in [0.25, 0.3) is 0 Å². The van der Waals surface area contributed by atoms with E-state index in [-0.39, 0.29) is 0 Å². The number of thioether (sulfide) groups is 1. The van der Waals surface area contributed by atoms with Crippen molar-refractivity contribution in [2.75, 3.05) is 19.3 Å². The standard InChI is InChI=1S/C7H12INS/c1-3-10-7-6(8)4-5-9(7)2/h3-5H2,1-2H3. The molecule has 1 heterocycles. The van der Waals surface area contributed by atoms with E-state index >= 15 is 0 Å². The van der Waals surface area contributed by atoms with E-state index in [4.69, 9.17) is 0 Å². The van der Waals surface area contributed by atoms with Gasteiger partial charge in [0.05, 0.1) is 5.03 Å². The van der Waals surface area contributed by atoms with E-state index in [1.165, 1.54) is 27.3 Å². The molecule has 0 amide bonds. The van der Waals surface area contributed by atoms with Crippen LogP contribution in [0.2, 0.25) is 0 Å². The molecule has 1 nitrogen and oxygen atoms in total. The Labute approximate surface area is 80.4 Å². The Kier molecular flexibility index (Phi) is 3.36. The molecule has 0 N–H and O–H groups in total. The first kappa shape index (κ1) is 8.71. The lowest BCUT2D eigenvalue weighted by Crippen LogP contribution is -2.10. The second-order valence-corrected chi connectivity index (χ2v) is 4.87. The summed E-state index contributed by atoms with van der Waals surface area (Å²) in [6, 6.07) is 0. The molecule has 0 aromatic heterocycles. The third-order valence-electron chi connectivity index (χ3n) is 1.53. The summed E-state index contributed by atoms with van der Waals surface area (Å²) in [6.45, 7) is 3.41. The van der Waals surface area contributed by atoms with Crippen LogP contribution < -0.4 is 0 Å². The van der Waals surface area contributed by atoms with Crippen molar-refractivity contribution >= 4 is 34.4 Å². The summed E-state index contributed by atoms with van der Waals surface area (Å²) in [5, 5.41) is 1.49. The number of hydrogen-bond donors (Lipinski definition) is 0. The van der Waals surface area contributed by atoms with Gasteiger partial charge in [-0.2, -0.15) is 0 Å². The topological polar surface area (TPSA) is 3.24 Å². The van der Waals surface area contributed by atoms with Crippen molar-refractivity contribution in [1.82, 2.24) is 4.90 Å². The maximum absolute atomic E-state index is 2.45. The summed E-state index contributed by atoms with van der Waals surface area (Å²) < 4.78 is 1.53. The first-order valence-electron chi connectivity index (χ1n) is 3.48. The van der Waals surface area contributed by atoms with Crippen molar-refractivity contribution in [3.63, 3.8) is 0 Å². The number of nitrogens with zero attached hydrogens (tertiary/aromatic N) is 1. The normalized spacial score (nSPS) is 18.9. The quantitative estimate of drug-likeness (QED) is 0.709. The van der Waals surface area contributed by atoms with Crippen molar-refractivity contribution < 1.29 is 0 Å². The molecular weight excluding hydrogens is 257 g/mol. The van der Waals surface area contributed by atoms with Gasteiger partial charge in [-0.25, -0.2) is 0 Å². The zero-order valence-corrected chi connectivity index (χ0v) is 9.33. The Morgan fingerprint density at radius 2 is 2.40 bits per heavy atom. The van der Waals surface area contributed by atoms with Gasteiger partial charge in [0.25, 0.3) is 0 Å². The first-order chi connectivity index (χ1) is 4.75. The van der Waals surface area contributed by atoms with Crippen molar-refractivity contribution in [1.29, 1.82) is 0 Å². The molecular formula is C7H12INS. The molecule has 0 unspecified atom stereocenters.